The molecule has 0 saturated heterocycles. The van der Waals surface area contributed by atoms with Gasteiger partial charge in [0, 0.05) is 5.56 Å². The van der Waals surface area contributed by atoms with E-state index >= 15 is 0 Å². The molecule has 0 saturated carbocycles. The summed E-state index contributed by atoms with van der Waals surface area (Å²) in [7, 11) is 1.35. The van der Waals surface area contributed by atoms with Crippen LogP contribution < -0.4 is 10.1 Å². The van der Waals surface area contributed by atoms with Gasteiger partial charge in [0.2, 0.25) is 0 Å². The lowest BCUT2D eigenvalue weighted by Crippen LogP contribution is -2.13. The van der Waals surface area contributed by atoms with Gasteiger partial charge in [0.1, 0.15) is 4.60 Å². The van der Waals surface area contributed by atoms with Crippen molar-refractivity contribution in [2.24, 2.45) is 0 Å². The maximum atomic E-state index is 13.3. The van der Waals surface area contributed by atoms with Crippen LogP contribution in [0.4, 0.5) is 10.1 Å². The minimum absolute atomic E-state index is 0.0308. The molecule has 2 aromatic rings. The summed E-state index contributed by atoms with van der Waals surface area (Å²) in [5, 5.41) is 2.72. The van der Waals surface area contributed by atoms with E-state index in [1.807, 2.05) is 0 Å². The van der Waals surface area contributed by atoms with Crippen LogP contribution in [0.2, 0.25) is 0 Å². The summed E-state index contributed by atoms with van der Waals surface area (Å²) in [6, 6.07) is 7.42. The molecule has 1 aromatic carbocycles. The average molecular weight is 339 g/mol. The number of amides is 1. The van der Waals surface area contributed by atoms with Crippen molar-refractivity contribution in [3.63, 3.8) is 0 Å². The fourth-order valence-corrected chi connectivity index (χ4v) is 2.06. The summed E-state index contributed by atoms with van der Waals surface area (Å²) < 4.78 is 18.8. The summed E-state index contributed by atoms with van der Waals surface area (Å²) in [5.41, 5.74) is 1.59. The van der Waals surface area contributed by atoms with E-state index in [-0.39, 0.29) is 11.7 Å². The highest BCUT2D eigenvalue weighted by Crippen LogP contribution is 2.20. The lowest BCUT2D eigenvalue weighted by molar-refractivity contribution is 0.102. The number of anilines is 1. The molecule has 104 valence electrons. The van der Waals surface area contributed by atoms with Crippen molar-refractivity contribution in [1.82, 2.24) is 4.98 Å². The van der Waals surface area contributed by atoms with Crippen LogP contribution in [-0.4, -0.2) is 18.0 Å². The number of aryl methyl sites for hydroxylation is 1. The third-order valence-corrected chi connectivity index (χ3v) is 3.15. The van der Waals surface area contributed by atoms with E-state index in [1.165, 1.54) is 25.3 Å². The second-order valence-electron chi connectivity index (χ2n) is 4.07. The van der Waals surface area contributed by atoms with Gasteiger partial charge in [-0.15, -0.1) is 0 Å². The molecule has 0 bridgehead atoms. The van der Waals surface area contributed by atoms with Gasteiger partial charge >= 0.3 is 0 Å². The van der Waals surface area contributed by atoms with E-state index in [2.05, 4.69) is 26.2 Å². The largest absolute Gasteiger partial charge is 0.494 e. The molecule has 6 heteroatoms. The van der Waals surface area contributed by atoms with E-state index in [0.717, 1.165) is 0 Å². The fourth-order valence-electron chi connectivity index (χ4n) is 1.66. The summed E-state index contributed by atoms with van der Waals surface area (Å²) >= 11 is 3.25. The molecule has 4 nitrogen and oxygen atoms in total. The van der Waals surface area contributed by atoms with Gasteiger partial charge < -0.3 is 10.1 Å². The van der Waals surface area contributed by atoms with Crippen LogP contribution in [0.3, 0.4) is 0 Å². The Morgan fingerprint density at radius 2 is 2.10 bits per heavy atom. The molecule has 1 amide bonds. The molecule has 0 atom stereocenters. The van der Waals surface area contributed by atoms with Crippen molar-refractivity contribution >= 4 is 27.5 Å². The number of rotatable bonds is 3. The quantitative estimate of drug-likeness (QED) is 0.870. The minimum Gasteiger partial charge on any atom is -0.494 e. The highest BCUT2D eigenvalue weighted by molar-refractivity contribution is 9.10. The topological polar surface area (TPSA) is 51.2 Å². The molecule has 0 radical (unpaired) electrons. The molecule has 0 fully saturated rings. The number of hydrogen-bond donors (Lipinski definition) is 1. The van der Waals surface area contributed by atoms with Crippen LogP contribution in [0.25, 0.3) is 0 Å². The van der Waals surface area contributed by atoms with E-state index in [4.69, 9.17) is 4.74 Å². The number of benzene rings is 1. The summed E-state index contributed by atoms with van der Waals surface area (Å²) in [6.45, 7) is 1.78. The number of carbonyl (C=O) groups is 1. The first kappa shape index (κ1) is 14.5. The van der Waals surface area contributed by atoms with Crippen molar-refractivity contribution < 1.29 is 13.9 Å². The van der Waals surface area contributed by atoms with E-state index in [9.17, 15) is 9.18 Å². The molecule has 1 aromatic heterocycles. The normalized spacial score (nSPS) is 10.2. The summed E-state index contributed by atoms with van der Waals surface area (Å²) in [5.74, 6) is -0.829. The monoisotopic (exact) mass is 338 g/mol. The zero-order valence-corrected chi connectivity index (χ0v) is 12.5. The molecular formula is C14H12BrFN2O2. The van der Waals surface area contributed by atoms with Crippen LogP contribution in [0, 0.1) is 12.7 Å². The van der Waals surface area contributed by atoms with E-state index in [1.54, 1.807) is 19.1 Å². The number of nitrogens with one attached hydrogen (secondary N) is 1. The lowest BCUT2D eigenvalue weighted by atomic mass is 10.2. The van der Waals surface area contributed by atoms with Gasteiger partial charge in [0.05, 0.1) is 18.5 Å². The van der Waals surface area contributed by atoms with Crippen molar-refractivity contribution in [3.05, 3.63) is 52.0 Å². The first-order chi connectivity index (χ1) is 9.51. The van der Waals surface area contributed by atoms with Gasteiger partial charge in [-0.05, 0) is 53.2 Å². The predicted molar refractivity (Wildman–Crippen MR) is 77.6 cm³/mol. The van der Waals surface area contributed by atoms with Crippen molar-refractivity contribution in [2.75, 3.05) is 12.4 Å². The Morgan fingerprint density at radius 1 is 1.35 bits per heavy atom. The molecule has 0 aliphatic carbocycles. The molecule has 0 spiro atoms. The number of methoxy groups -OCH3 is 1. The fraction of sp³-hybridized carbons (Fsp3) is 0.143. The standard InChI is InChI=1S/C14H12BrFN2O2/c1-8-11(5-6-13(15)17-8)18-14(19)9-3-4-10(16)12(7-9)20-2/h3-7H,1-2H3,(H,18,19). The molecule has 0 unspecified atom stereocenters. The summed E-state index contributed by atoms with van der Waals surface area (Å²) in [4.78, 5) is 16.3. The molecular weight excluding hydrogens is 327 g/mol. The maximum absolute atomic E-state index is 13.3. The highest BCUT2D eigenvalue weighted by atomic mass is 79.9. The van der Waals surface area contributed by atoms with Gasteiger partial charge in [-0.25, -0.2) is 9.37 Å². The van der Waals surface area contributed by atoms with Crippen molar-refractivity contribution in [3.8, 4) is 5.75 Å². The van der Waals surface area contributed by atoms with E-state index < -0.39 is 5.82 Å². The van der Waals surface area contributed by atoms with Gasteiger partial charge in [-0.3, -0.25) is 4.79 Å². The maximum Gasteiger partial charge on any atom is 0.255 e. The smallest absolute Gasteiger partial charge is 0.255 e. The minimum atomic E-state index is -0.509. The van der Waals surface area contributed by atoms with Crippen molar-refractivity contribution in [1.29, 1.82) is 0 Å². The first-order valence-electron chi connectivity index (χ1n) is 5.79. The van der Waals surface area contributed by atoms with Crippen LogP contribution in [-0.2, 0) is 0 Å². The number of ether oxygens (including phenoxy) is 1. The third kappa shape index (κ3) is 3.14. The SMILES string of the molecule is COc1cc(C(=O)Nc2ccc(Br)nc2C)ccc1F. The molecule has 0 aliphatic heterocycles. The number of aromatic nitrogens is 1. The number of pyridine rings is 1. The zero-order valence-electron chi connectivity index (χ0n) is 10.9. The Morgan fingerprint density at radius 3 is 2.75 bits per heavy atom. The molecule has 0 aliphatic rings. The number of nitrogens with zero attached hydrogens (tertiary/aromatic N) is 1. The first-order valence-corrected chi connectivity index (χ1v) is 6.58. The number of carbonyl (C=O) groups excluding carboxylic acids is 1. The Balaban J connectivity index is 2.24. The number of hydrogen-bond acceptors (Lipinski definition) is 3. The Kier molecular flexibility index (Phi) is 4.34. The predicted octanol–water partition coefficient (Wildman–Crippen LogP) is 3.55. The molecule has 1 N–H and O–H groups in total. The average Bonchev–Trinajstić information content (AvgIpc) is 2.42. The second kappa shape index (κ2) is 6.00. The van der Waals surface area contributed by atoms with Crippen LogP contribution in [0.15, 0.2) is 34.9 Å². The van der Waals surface area contributed by atoms with Crippen molar-refractivity contribution in [2.45, 2.75) is 6.92 Å². The highest BCUT2D eigenvalue weighted by Gasteiger charge is 2.11. The summed E-state index contributed by atoms with van der Waals surface area (Å²) in [6.07, 6.45) is 0. The van der Waals surface area contributed by atoms with Gasteiger partial charge in [-0.1, -0.05) is 0 Å². The van der Waals surface area contributed by atoms with Crippen LogP contribution >= 0.6 is 15.9 Å². The van der Waals surface area contributed by atoms with Gasteiger partial charge in [0.25, 0.3) is 5.91 Å². The molecule has 2 rings (SSSR count). The molecule has 1 heterocycles. The van der Waals surface area contributed by atoms with Gasteiger partial charge in [0.15, 0.2) is 11.6 Å². The Bertz CT molecular complexity index is 662. The second-order valence-corrected chi connectivity index (χ2v) is 4.88. The van der Waals surface area contributed by atoms with Gasteiger partial charge in [-0.2, -0.15) is 0 Å². The lowest BCUT2D eigenvalue weighted by Gasteiger charge is -2.09. The molecule has 20 heavy (non-hydrogen) atoms. The Hall–Kier alpha value is -1.95. The third-order valence-electron chi connectivity index (χ3n) is 2.71. The Labute approximate surface area is 124 Å². The van der Waals surface area contributed by atoms with E-state index in [0.29, 0.717) is 21.5 Å². The number of halogens is 2. The zero-order chi connectivity index (χ0) is 14.7. The van der Waals surface area contributed by atoms with Crippen LogP contribution in [0.1, 0.15) is 16.1 Å². The van der Waals surface area contributed by atoms with Crippen LogP contribution in [0.5, 0.6) is 5.75 Å².